The molecule has 2 aromatic rings. The van der Waals surface area contributed by atoms with Gasteiger partial charge in [-0.25, -0.2) is 0 Å². The van der Waals surface area contributed by atoms with Crippen molar-refractivity contribution in [2.75, 3.05) is 43.4 Å². The highest BCUT2D eigenvalue weighted by molar-refractivity contribution is 7.10. The standard InChI is InChI=1S/C22H24F7N3O3S/c23-20(24,21(25,26)22(27,28)29)13-31-17-16(18(33)19(17)34)30-6-2-5-9-35-14-10-15(36-12-14)11-32-7-3-1-4-8-32/h2,5,10,12,30-31H,1,3-4,6-9,11,13H2/b5-2-. The smallest absolute Gasteiger partial charge is 0.459 e. The van der Waals surface area contributed by atoms with Gasteiger partial charge in [-0.2, -0.15) is 30.7 Å². The predicted octanol–water partition coefficient (Wildman–Crippen LogP) is 4.62. The second kappa shape index (κ2) is 11.2. The fraction of sp³-hybridized carbons (Fsp3) is 0.545. The molecule has 6 nitrogen and oxygen atoms in total. The molecule has 0 aliphatic carbocycles. The first-order chi connectivity index (χ1) is 16.8. The van der Waals surface area contributed by atoms with Crippen LogP contribution in [0.3, 0.4) is 0 Å². The Balaban J connectivity index is 1.44. The van der Waals surface area contributed by atoms with Gasteiger partial charge >= 0.3 is 18.0 Å². The van der Waals surface area contributed by atoms with E-state index in [2.05, 4.69) is 10.2 Å². The molecule has 36 heavy (non-hydrogen) atoms. The number of rotatable bonds is 12. The summed E-state index contributed by atoms with van der Waals surface area (Å²) in [5.74, 6) is -11.2. The largest absolute Gasteiger partial charge is 0.489 e. The van der Waals surface area contributed by atoms with Gasteiger partial charge < -0.3 is 15.4 Å². The van der Waals surface area contributed by atoms with Crippen molar-refractivity contribution in [1.82, 2.24) is 4.90 Å². The molecule has 0 bridgehead atoms. The molecule has 0 amide bonds. The van der Waals surface area contributed by atoms with Gasteiger partial charge in [-0.1, -0.05) is 12.5 Å². The van der Waals surface area contributed by atoms with Crippen LogP contribution in [0.5, 0.6) is 5.75 Å². The summed E-state index contributed by atoms with van der Waals surface area (Å²) in [4.78, 5) is 26.7. The van der Waals surface area contributed by atoms with Crippen molar-refractivity contribution in [2.45, 2.75) is 43.8 Å². The lowest BCUT2D eigenvalue weighted by Crippen LogP contribution is -2.55. The Morgan fingerprint density at radius 2 is 1.58 bits per heavy atom. The van der Waals surface area contributed by atoms with Gasteiger partial charge in [-0.05, 0) is 38.1 Å². The van der Waals surface area contributed by atoms with Crippen molar-refractivity contribution in [3.05, 3.63) is 48.9 Å². The Morgan fingerprint density at radius 3 is 2.22 bits per heavy atom. The van der Waals surface area contributed by atoms with E-state index in [1.54, 1.807) is 17.4 Å². The van der Waals surface area contributed by atoms with Crippen LogP contribution in [-0.4, -0.2) is 55.7 Å². The molecule has 0 radical (unpaired) electrons. The number of likely N-dealkylation sites (tertiary alicyclic amines) is 1. The van der Waals surface area contributed by atoms with E-state index < -0.39 is 46.8 Å². The van der Waals surface area contributed by atoms with Gasteiger partial charge in [-0.3, -0.25) is 14.5 Å². The first kappa shape index (κ1) is 28.0. The van der Waals surface area contributed by atoms with E-state index in [-0.39, 0.29) is 13.2 Å². The van der Waals surface area contributed by atoms with Crippen LogP contribution in [0.1, 0.15) is 24.1 Å². The predicted molar refractivity (Wildman–Crippen MR) is 122 cm³/mol. The topological polar surface area (TPSA) is 70.7 Å². The Labute approximate surface area is 205 Å². The monoisotopic (exact) mass is 543 g/mol. The van der Waals surface area contributed by atoms with Gasteiger partial charge in [-0.15, -0.1) is 11.3 Å². The Morgan fingerprint density at radius 1 is 0.944 bits per heavy atom. The Kier molecular flexibility index (Phi) is 8.70. The molecular formula is C22H24F7N3O3S. The maximum absolute atomic E-state index is 13.4. The molecule has 200 valence electrons. The summed E-state index contributed by atoms with van der Waals surface area (Å²) in [6, 6.07) is 1.95. The van der Waals surface area contributed by atoms with Crippen molar-refractivity contribution in [2.24, 2.45) is 0 Å². The van der Waals surface area contributed by atoms with Crippen LogP contribution in [0.2, 0.25) is 0 Å². The number of halogens is 7. The van der Waals surface area contributed by atoms with Crippen LogP contribution in [-0.2, 0) is 6.54 Å². The number of alkyl halides is 7. The molecule has 1 aromatic heterocycles. The van der Waals surface area contributed by atoms with Crippen molar-refractivity contribution in [3.63, 3.8) is 0 Å². The minimum absolute atomic E-state index is 0.0537. The molecule has 1 aliphatic heterocycles. The third-order valence-electron chi connectivity index (χ3n) is 5.58. The third kappa shape index (κ3) is 6.38. The number of thiophene rings is 1. The molecule has 3 rings (SSSR count). The minimum Gasteiger partial charge on any atom is -0.489 e. The fourth-order valence-electron chi connectivity index (χ4n) is 3.56. The third-order valence-corrected chi connectivity index (χ3v) is 6.48. The molecule has 1 aliphatic rings. The maximum atomic E-state index is 13.4. The zero-order valence-corrected chi connectivity index (χ0v) is 19.7. The van der Waals surface area contributed by atoms with Crippen LogP contribution in [0, 0.1) is 0 Å². The van der Waals surface area contributed by atoms with Crippen molar-refractivity contribution in [3.8, 4) is 5.75 Å². The quantitative estimate of drug-likeness (QED) is 0.231. The van der Waals surface area contributed by atoms with E-state index in [4.69, 9.17) is 4.74 Å². The minimum atomic E-state index is -6.49. The summed E-state index contributed by atoms with van der Waals surface area (Å²) < 4.78 is 95.1. The number of anilines is 2. The molecule has 14 heteroatoms. The number of hydrogen-bond acceptors (Lipinski definition) is 7. The highest BCUT2D eigenvalue weighted by atomic mass is 32.1. The molecular weight excluding hydrogens is 519 g/mol. The van der Waals surface area contributed by atoms with Crippen LogP contribution in [0.4, 0.5) is 42.1 Å². The van der Waals surface area contributed by atoms with E-state index in [0.717, 1.165) is 19.6 Å². The average Bonchev–Trinajstić information content (AvgIpc) is 3.26. The summed E-state index contributed by atoms with van der Waals surface area (Å²) in [6.45, 7) is 0.955. The van der Waals surface area contributed by atoms with Crippen molar-refractivity contribution in [1.29, 1.82) is 0 Å². The lowest BCUT2D eigenvalue weighted by Gasteiger charge is -2.28. The van der Waals surface area contributed by atoms with Gasteiger partial charge in [0.15, 0.2) is 0 Å². The molecule has 1 aromatic carbocycles. The number of ether oxygens (including phenoxy) is 1. The first-order valence-corrected chi connectivity index (χ1v) is 11.9. The maximum Gasteiger partial charge on any atom is 0.459 e. The van der Waals surface area contributed by atoms with E-state index >= 15 is 0 Å². The summed E-state index contributed by atoms with van der Waals surface area (Å²) in [5.41, 5.74) is -3.65. The second-order valence-electron chi connectivity index (χ2n) is 8.29. The fourth-order valence-corrected chi connectivity index (χ4v) is 4.41. The SMILES string of the molecule is O=c1c(NC/C=C\COc2csc(CN3CCCCC3)c2)c(NCC(F)(F)C(F)(F)C(F)(F)F)c1=O. The summed E-state index contributed by atoms with van der Waals surface area (Å²) in [7, 11) is 0. The number of nitrogens with one attached hydrogen (secondary N) is 2. The normalized spacial score (nSPS) is 16.1. The highest BCUT2D eigenvalue weighted by Crippen LogP contribution is 2.46. The van der Waals surface area contributed by atoms with Gasteiger partial charge in [0.25, 0.3) is 10.9 Å². The number of nitrogens with zero attached hydrogens (tertiary/aromatic N) is 1. The molecule has 1 fully saturated rings. The lowest BCUT2D eigenvalue weighted by atomic mass is 10.1. The van der Waals surface area contributed by atoms with Gasteiger partial charge in [0.2, 0.25) is 0 Å². The first-order valence-electron chi connectivity index (χ1n) is 11.0. The summed E-state index contributed by atoms with van der Waals surface area (Å²) >= 11 is 1.59. The Bertz CT molecular complexity index is 1120. The molecule has 0 unspecified atom stereocenters. The van der Waals surface area contributed by atoms with E-state index in [1.807, 2.05) is 11.4 Å². The van der Waals surface area contributed by atoms with Crippen LogP contribution < -0.4 is 26.2 Å². The van der Waals surface area contributed by atoms with Crippen molar-refractivity contribution >= 4 is 22.7 Å². The number of piperidine rings is 1. The summed E-state index contributed by atoms with van der Waals surface area (Å²) in [5, 5.41) is 5.87. The Hall–Kier alpha value is -2.61. The van der Waals surface area contributed by atoms with E-state index in [9.17, 15) is 40.3 Å². The zero-order valence-electron chi connectivity index (χ0n) is 18.9. The molecule has 0 spiro atoms. The molecule has 0 atom stereocenters. The van der Waals surface area contributed by atoms with Gasteiger partial charge in [0, 0.05) is 23.3 Å². The van der Waals surface area contributed by atoms with Gasteiger partial charge in [0.1, 0.15) is 23.7 Å². The van der Waals surface area contributed by atoms with Crippen molar-refractivity contribution < 1.29 is 35.5 Å². The van der Waals surface area contributed by atoms with Crippen LogP contribution in [0.25, 0.3) is 0 Å². The van der Waals surface area contributed by atoms with E-state index in [0.29, 0.717) is 5.75 Å². The molecule has 2 N–H and O–H groups in total. The second-order valence-corrected chi connectivity index (χ2v) is 9.28. The summed E-state index contributed by atoms with van der Waals surface area (Å²) in [6.07, 6.45) is 0.259. The van der Waals surface area contributed by atoms with E-state index in [1.165, 1.54) is 35.5 Å². The van der Waals surface area contributed by atoms with Gasteiger partial charge in [0.05, 0.1) is 6.54 Å². The average molecular weight is 544 g/mol. The number of hydrogen-bond donors (Lipinski definition) is 2. The van der Waals surface area contributed by atoms with Crippen LogP contribution in [0.15, 0.2) is 33.2 Å². The molecule has 0 saturated carbocycles. The van der Waals surface area contributed by atoms with Crippen LogP contribution >= 0.6 is 11.3 Å². The lowest BCUT2D eigenvalue weighted by molar-refractivity contribution is -0.350. The zero-order chi connectivity index (χ0) is 26.6. The molecule has 2 heterocycles. The highest BCUT2D eigenvalue weighted by Gasteiger charge is 2.72. The molecule has 1 saturated heterocycles.